The lowest BCUT2D eigenvalue weighted by molar-refractivity contribution is 0.103. The molecule has 1 aliphatic heterocycles. The third-order valence-corrected chi connectivity index (χ3v) is 8.94. The third-order valence-electron chi connectivity index (χ3n) is 8.94. The number of piperidine rings is 1. The van der Waals surface area contributed by atoms with Crippen LogP contribution in [0.25, 0.3) is 16.6 Å². The van der Waals surface area contributed by atoms with Gasteiger partial charge in [0.1, 0.15) is 5.65 Å². The topological polar surface area (TPSA) is 93.0 Å². The van der Waals surface area contributed by atoms with Gasteiger partial charge in [0.2, 0.25) is 5.95 Å². The summed E-state index contributed by atoms with van der Waals surface area (Å²) in [6, 6.07) is 22.9. The molecule has 0 bridgehead atoms. The Kier molecular flexibility index (Phi) is 8.05. The predicted octanol–water partition coefficient (Wildman–Crippen LogP) is 6.59. The van der Waals surface area contributed by atoms with E-state index in [9.17, 15) is 9.59 Å². The fourth-order valence-electron chi connectivity index (χ4n) is 6.59. The smallest absolute Gasteiger partial charge is 0.263 e. The van der Waals surface area contributed by atoms with Crippen molar-refractivity contribution in [3.8, 4) is 0 Å². The number of aromatic nitrogens is 4. The molecule has 4 heterocycles. The van der Waals surface area contributed by atoms with Gasteiger partial charge in [-0.1, -0.05) is 54.6 Å². The van der Waals surface area contributed by atoms with Gasteiger partial charge in [0.25, 0.3) is 5.56 Å². The Morgan fingerprint density at radius 3 is 2.62 bits per heavy atom. The molecule has 1 N–H and O–H groups in total. The van der Waals surface area contributed by atoms with Crippen LogP contribution in [0.15, 0.2) is 96.1 Å². The first-order valence-electron chi connectivity index (χ1n) is 15.7. The van der Waals surface area contributed by atoms with E-state index >= 15 is 0 Å². The number of rotatable bonds is 8. The van der Waals surface area contributed by atoms with Gasteiger partial charge in [-0.3, -0.25) is 19.1 Å². The number of nitrogens with one attached hydrogen (secondary N) is 1. The fourth-order valence-corrected chi connectivity index (χ4v) is 6.59. The number of likely N-dealkylation sites (N-methyl/N-ethyl adjacent to an activating group) is 1. The molecule has 226 valence electrons. The number of allylic oxidation sites excluding steroid dienone is 2. The Balaban J connectivity index is 1.27. The molecule has 0 radical (unpaired) electrons. The summed E-state index contributed by atoms with van der Waals surface area (Å²) in [6.45, 7) is 2.46. The van der Waals surface area contributed by atoms with Gasteiger partial charge in [0.15, 0.2) is 5.78 Å². The monoisotopic (exact) mass is 596 g/mol. The zero-order valence-electron chi connectivity index (χ0n) is 25.4. The molecule has 3 aromatic heterocycles. The summed E-state index contributed by atoms with van der Waals surface area (Å²) in [6.07, 6.45) is 11.2. The molecule has 2 aliphatic rings. The molecule has 45 heavy (non-hydrogen) atoms. The number of fused-ring (bicyclic) bond motifs is 1. The second kappa shape index (κ2) is 12.6. The van der Waals surface area contributed by atoms with Crippen molar-refractivity contribution in [3.63, 3.8) is 0 Å². The first kappa shape index (κ1) is 28.8. The number of hydrogen-bond acceptors (Lipinski definition) is 7. The molecule has 1 saturated heterocycles. The van der Waals surface area contributed by atoms with Crippen LogP contribution >= 0.6 is 0 Å². The molecule has 7 rings (SSSR count). The molecule has 8 nitrogen and oxygen atoms in total. The molecule has 1 atom stereocenters. The molecule has 2 aromatic carbocycles. The van der Waals surface area contributed by atoms with Crippen molar-refractivity contribution in [2.24, 2.45) is 0 Å². The average Bonchev–Trinajstić information content (AvgIpc) is 3.62. The Hall–Kier alpha value is -4.95. The molecular weight excluding hydrogens is 560 g/mol. The number of ketones is 1. The van der Waals surface area contributed by atoms with E-state index in [1.807, 2.05) is 18.2 Å². The van der Waals surface area contributed by atoms with E-state index in [1.54, 1.807) is 47.3 Å². The molecule has 1 fully saturated rings. The Bertz CT molecular complexity index is 1950. The number of pyridine rings is 2. The fraction of sp³-hybridized carbons (Fsp3) is 0.270. The molecule has 5 aromatic rings. The summed E-state index contributed by atoms with van der Waals surface area (Å²) >= 11 is 0. The van der Waals surface area contributed by atoms with Crippen molar-refractivity contribution in [3.05, 3.63) is 130 Å². The standard InChI is InChI=1S/C37H36N6O2/c1-42-20-8-14-28(23-42)25-15-17-31(18-16-25)40-37-39-22-30-21-32(34(44)27-11-3-2-4-12-27)36(45)43(35(30)41-37)24-29-13-7-19-38-33(29)26-9-5-6-10-26/h2-4,7,9,11-13,15-19,21-22,28H,5-6,8,10,14,20,23-24H2,1H3,(H,39,40,41). The van der Waals surface area contributed by atoms with Gasteiger partial charge < -0.3 is 10.2 Å². The van der Waals surface area contributed by atoms with Crippen LogP contribution in [0.1, 0.15) is 70.8 Å². The summed E-state index contributed by atoms with van der Waals surface area (Å²) in [7, 11) is 2.18. The largest absolute Gasteiger partial charge is 0.324 e. The zero-order chi connectivity index (χ0) is 30.8. The number of nitrogens with zero attached hydrogens (tertiary/aromatic N) is 5. The lowest BCUT2D eigenvalue weighted by Gasteiger charge is -2.30. The van der Waals surface area contributed by atoms with Gasteiger partial charge >= 0.3 is 0 Å². The number of carbonyl (C=O) groups is 1. The molecule has 8 heteroatoms. The van der Waals surface area contributed by atoms with Crippen molar-refractivity contribution in [1.82, 2.24) is 24.4 Å². The molecular formula is C37H36N6O2. The number of carbonyl (C=O) groups excluding carboxylic acids is 1. The normalized spacial score (nSPS) is 16.9. The van der Waals surface area contributed by atoms with Crippen LogP contribution in [0.5, 0.6) is 0 Å². The van der Waals surface area contributed by atoms with Gasteiger partial charge in [-0.15, -0.1) is 0 Å². The first-order chi connectivity index (χ1) is 22.0. The van der Waals surface area contributed by atoms with E-state index in [0.29, 0.717) is 28.5 Å². The maximum Gasteiger partial charge on any atom is 0.263 e. The van der Waals surface area contributed by atoms with Crippen molar-refractivity contribution >= 4 is 34.0 Å². The lowest BCUT2D eigenvalue weighted by Crippen LogP contribution is -2.30. The minimum Gasteiger partial charge on any atom is -0.324 e. The minimum absolute atomic E-state index is 0.0903. The molecule has 0 amide bonds. The first-order valence-corrected chi connectivity index (χ1v) is 15.7. The molecule has 0 saturated carbocycles. The lowest BCUT2D eigenvalue weighted by atomic mass is 9.91. The van der Waals surface area contributed by atoms with Gasteiger partial charge in [-0.05, 0) is 92.6 Å². The van der Waals surface area contributed by atoms with Crippen LogP contribution in [0.4, 0.5) is 11.6 Å². The highest BCUT2D eigenvalue weighted by atomic mass is 16.1. The van der Waals surface area contributed by atoms with Crippen LogP contribution in [-0.2, 0) is 6.54 Å². The molecule has 1 unspecified atom stereocenters. The Labute approximate surface area is 262 Å². The van der Waals surface area contributed by atoms with E-state index in [4.69, 9.17) is 9.97 Å². The van der Waals surface area contributed by atoms with Crippen molar-refractivity contribution in [2.75, 3.05) is 25.5 Å². The van der Waals surface area contributed by atoms with Gasteiger partial charge in [-0.25, -0.2) is 4.98 Å². The second-order valence-electron chi connectivity index (χ2n) is 12.1. The van der Waals surface area contributed by atoms with Crippen molar-refractivity contribution in [1.29, 1.82) is 0 Å². The SMILES string of the molecule is CN1CCCC(c2ccc(Nc3ncc4cc(C(=O)c5ccccc5)c(=O)n(Cc5cccnc5C5=CCCC5)c4n3)cc2)C1. The predicted molar refractivity (Wildman–Crippen MR) is 178 cm³/mol. The summed E-state index contributed by atoms with van der Waals surface area (Å²) < 4.78 is 1.59. The Morgan fingerprint density at radius 2 is 1.84 bits per heavy atom. The quantitative estimate of drug-likeness (QED) is 0.202. The van der Waals surface area contributed by atoms with E-state index in [0.717, 1.165) is 49.3 Å². The van der Waals surface area contributed by atoms with Gasteiger partial charge in [0, 0.05) is 35.6 Å². The van der Waals surface area contributed by atoms with Gasteiger partial charge in [-0.2, -0.15) is 4.98 Å². The van der Waals surface area contributed by atoms with Crippen LogP contribution < -0.4 is 10.9 Å². The van der Waals surface area contributed by atoms with E-state index in [-0.39, 0.29) is 17.9 Å². The van der Waals surface area contributed by atoms with E-state index < -0.39 is 5.56 Å². The highest BCUT2D eigenvalue weighted by molar-refractivity contribution is 6.10. The highest BCUT2D eigenvalue weighted by Gasteiger charge is 2.22. The summed E-state index contributed by atoms with van der Waals surface area (Å²) in [5.41, 5.74) is 5.82. The Morgan fingerprint density at radius 1 is 1.00 bits per heavy atom. The number of anilines is 2. The van der Waals surface area contributed by atoms with Gasteiger partial charge in [0.05, 0.1) is 17.8 Å². The van der Waals surface area contributed by atoms with Crippen LogP contribution in [-0.4, -0.2) is 50.3 Å². The van der Waals surface area contributed by atoms with E-state index in [1.165, 1.54) is 24.0 Å². The summed E-state index contributed by atoms with van der Waals surface area (Å²) in [5, 5.41) is 3.94. The third kappa shape index (κ3) is 6.06. The maximum atomic E-state index is 14.1. The van der Waals surface area contributed by atoms with Crippen molar-refractivity contribution in [2.45, 2.75) is 44.6 Å². The molecule has 0 spiro atoms. The maximum absolute atomic E-state index is 14.1. The average molecular weight is 597 g/mol. The number of benzene rings is 2. The molecule has 1 aliphatic carbocycles. The number of hydrogen-bond donors (Lipinski definition) is 1. The van der Waals surface area contributed by atoms with Crippen molar-refractivity contribution < 1.29 is 4.79 Å². The summed E-state index contributed by atoms with van der Waals surface area (Å²) in [4.78, 5) is 44.2. The minimum atomic E-state index is -0.391. The zero-order valence-corrected chi connectivity index (χ0v) is 25.4. The van der Waals surface area contributed by atoms with Crippen LogP contribution in [0.2, 0.25) is 0 Å². The van der Waals surface area contributed by atoms with Crippen LogP contribution in [0.3, 0.4) is 0 Å². The van der Waals surface area contributed by atoms with E-state index in [2.05, 4.69) is 52.6 Å². The second-order valence-corrected chi connectivity index (χ2v) is 12.1. The van der Waals surface area contributed by atoms with Crippen LogP contribution in [0, 0.1) is 0 Å². The number of likely N-dealkylation sites (tertiary alicyclic amines) is 1. The summed E-state index contributed by atoms with van der Waals surface area (Å²) in [5.74, 6) is 0.592. The highest BCUT2D eigenvalue weighted by Crippen LogP contribution is 2.30.